The summed E-state index contributed by atoms with van der Waals surface area (Å²) < 4.78 is 27.4. The number of amides is 1. The number of sulfone groups is 1. The predicted molar refractivity (Wildman–Crippen MR) is 122 cm³/mol. The van der Waals surface area contributed by atoms with E-state index in [1.165, 1.54) is 6.42 Å². The van der Waals surface area contributed by atoms with Crippen molar-refractivity contribution in [2.75, 3.05) is 0 Å². The molecule has 3 aromatic rings. The highest BCUT2D eigenvalue weighted by atomic mass is 35.5. The molecule has 1 aliphatic rings. The molecule has 8 heteroatoms. The van der Waals surface area contributed by atoms with Crippen LogP contribution in [0.2, 0.25) is 5.02 Å². The fourth-order valence-electron chi connectivity index (χ4n) is 4.26. The molecule has 0 atom stereocenters. The van der Waals surface area contributed by atoms with Crippen LogP contribution in [0.4, 0.5) is 0 Å². The van der Waals surface area contributed by atoms with E-state index in [0.717, 1.165) is 36.8 Å². The molecule has 0 saturated heterocycles. The van der Waals surface area contributed by atoms with E-state index in [1.807, 2.05) is 19.9 Å². The van der Waals surface area contributed by atoms with Crippen molar-refractivity contribution in [3.05, 3.63) is 58.2 Å². The number of fused-ring (bicyclic) bond motifs is 1. The minimum absolute atomic E-state index is 0.000245. The van der Waals surface area contributed by atoms with Crippen molar-refractivity contribution in [2.24, 2.45) is 0 Å². The number of aromatic amines is 1. The number of aromatic nitrogens is 1. The van der Waals surface area contributed by atoms with Crippen LogP contribution in [0.3, 0.4) is 0 Å². The number of carbonyl (C=O) groups is 1. The molecule has 1 amide bonds. The molecular weight excluding hydrogens is 434 g/mol. The molecule has 0 unspecified atom stereocenters. The second-order valence-electron chi connectivity index (χ2n) is 8.28. The number of aryl methyl sites for hydroxylation is 2. The maximum atomic E-state index is 13.7. The number of hydrazine groups is 1. The van der Waals surface area contributed by atoms with Crippen LogP contribution in [0, 0.1) is 13.8 Å². The van der Waals surface area contributed by atoms with Gasteiger partial charge < -0.3 is 4.98 Å². The predicted octanol–water partition coefficient (Wildman–Crippen LogP) is 4.84. The summed E-state index contributed by atoms with van der Waals surface area (Å²) in [5.74, 6) is -0.513. The van der Waals surface area contributed by atoms with Gasteiger partial charge in [-0.1, -0.05) is 36.9 Å². The van der Waals surface area contributed by atoms with Gasteiger partial charge in [0.15, 0.2) is 0 Å². The summed E-state index contributed by atoms with van der Waals surface area (Å²) in [4.78, 5) is 16.2. The highest BCUT2D eigenvalue weighted by Gasteiger charge is 2.30. The van der Waals surface area contributed by atoms with Crippen LogP contribution < -0.4 is 10.9 Å². The van der Waals surface area contributed by atoms with Gasteiger partial charge in [0, 0.05) is 22.0 Å². The lowest BCUT2D eigenvalue weighted by Crippen LogP contribution is -2.45. The third-order valence-corrected chi connectivity index (χ3v) is 7.76. The van der Waals surface area contributed by atoms with Gasteiger partial charge in [0.25, 0.3) is 5.91 Å². The zero-order valence-electron chi connectivity index (χ0n) is 17.6. The Morgan fingerprint density at radius 3 is 2.39 bits per heavy atom. The molecule has 0 aliphatic heterocycles. The lowest BCUT2D eigenvalue weighted by Gasteiger charge is -2.23. The second kappa shape index (κ2) is 8.65. The monoisotopic (exact) mass is 459 g/mol. The molecule has 1 heterocycles. The topological polar surface area (TPSA) is 91.1 Å². The van der Waals surface area contributed by atoms with E-state index in [-0.39, 0.29) is 21.5 Å². The molecule has 31 heavy (non-hydrogen) atoms. The first-order valence-electron chi connectivity index (χ1n) is 10.5. The Bertz CT molecular complexity index is 1220. The molecule has 6 nitrogen and oxygen atoms in total. The highest BCUT2D eigenvalue weighted by molar-refractivity contribution is 7.91. The molecular formula is C23H26ClN3O3S. The number of halogens is 1. The molecule has 0 radical (unpaired) electrons. The summed E-state index contributed by atoms with van der Waals surface area (Å²) in [7, 11) is -3.98. The number of carbonyl (C=O) groups excluding carboxylic acids is 1. The summed E-state index contributed by atoms with van der Waals surface area (Å²) in [5, 5.41) is 0.796. The molecule has 1 fully saturated rings. The van der Waals surface area contributed by atoms with E-state index in [2.05, 4.69) is 15.8 Å². The Morgan fingerprint density at radius 1 is 1.03 bits per heavy atom. The molecule has 1 aliphatic carbocycles. The summed E-state index contributed by atoms with van der Waals surface area (Å²) >= 11 is 6.17. The van der Waals surface area contributed by atoms with E-state index < -0.39 is 15.7 Å². The number of benzene rings is 2. The van der Waals surface area contributed by atoms with Gasteiger partial charge in [-0.2, -0.15) is 0 Å². The van der Waals surface area contributed by atoms with Crippen LogP contribution in [-0.4, -0.2) is 25.4 Å². The molecule has 2 aromatic carbocycles. The summed E-state index contributed by atoms with van der Waals surface area (Å²) in [6.07, 6.45) is 5.40. The van der Waals surface area contributed by atoms with Crippen molar-refractivity contribution in [3.63, 3.8) is 0 Å². The lowest BCUT2D eigenvalue weighted by atomic mass is 9.96. The second-order valence-corrected chi connectivity index (χ2v) is 10.6. The maximum absolute atomic E-state index is 13.7. The van der Waals surface area contributed by atoms with E-state index in [0.29, 0.717) is 15.9 Å². The van der Waals surface area contributed by atoms with Crippen molar-refractivity contribution in [1.82, 2.24) is 15.8 Å². The molecule has 3 N–H and O–H groups in total. The lowest BCUT2D eigenvalue weighted by molar-refractivity contribution is 0.0912. The van der Waals surface area contributed by atoms with Crippen LogP contribution in [-0.2, 0) is 9.84 Å². The van der Waals surface area contributed by atoms with Gasteiger partial charge in [-0.15, -0.1) is 0 Å². The Balaban J connectivity index is 1.79. The van der Waals surface area contributed by atoms with Gasteiger partial charge in [-0.25, -0.2) is 13.8 Å². The minimum Gasteiger partial charge on any atom is -0.349 e. The average molecular weight is 460 g/mol. The fraction of sp³-hybridized carbons (Fsp3) is 0.348. The summed E-state index contributed by atoms with van der Waals surface area (Å²) in [5.41, 5.74) is 7.99. The number of hydrogen-bond acceptors (Lipinski definition) is 4. The number of hydrogen-bond donors (Lipinski definition) is 3. The Kier molecular flexibility index (Phi) is 6.10. The van der Waals surface area contributed by atoms with Gasteiger partial charge >= 0.3 is 0 Å². The van der Waals surface area contributed by atoms with E-state index in [1.54, 1.807) is 30.3 Å². The average Bonchev–Trinajstić information content (AvgIpc) is 3.11. The van der Waals surface area contributed by atoms with Gasteiger partial charge in [0.05, 0.1) is 4.90 Å². The molecule has 1 aromatic heterocycles. The molecule has 164 valence electrons. The minimum atomic E-state index is -3.98. The quantitative estimate of drug-likeness (QED) is 0.476. The molecule has 1 saturated carbocycles. The van der Waals surface area contributed by atoms with E-state index >= 15 is 0 Å². The first kappa shape index (κ1) is 21.9. The summed E-state index contributed by atoms with van der Waals surface area (Å²) in [6.45, 7) is 3.69. The van der Waals surface area contributed by atoms with Crippen LogP contribution in [0.5, 0.6) is 0 Å². The number of rotatable bonds is 5. The van der Waals surface area contributed by atoms with E-state index in [9.17, 15) is 13.2 Å². The van der Waals surface area contributed by atoms with Gasteiger partial charge in [0.1, 0.15) is 10.6 Å². The van der Waals surface area contributed by atoms with Crippen molar-refractivity contribution in [2.45, 2.75) is 61.8 Å². The van der Waals surface area contributed by atoms with Crippen molar-refractivity contribution in [1.29, 1.82) is 0 Å². The normalized spacial score (nSPS) is 15.3. The van der Waals surface area contributed by atoms with Crippen LogP contribution in [0.15, 0.2) is 46.2 Å². The van der Waals surface area contributed by atoms with Gasteiger partial charge in [0.2, 0.25) is 9.84 Å². The van der Waals surface area contributed by atoms with Crippen LogP contribution >= 0.6 is 11.6 Å². The molecule has 0 bridgehead atoms. The Labute approximate surface area is 187 Å². The SMILES string of the molecule is Cc1cc(C)cc(S(=O)(=O)c2c(C(=O)NNC3CCCCC3)[nH]c3ccc(Cl)cc23)c1. The maximum Gasteiger partial charge on any atom is 0.283 e. The molecule has 0 spiro atoms. The Hall–Kier alpha value is -2.35. The first-order valence-corrected chi connectivity index (χ1v) is 12.3. The largest absolute Gasteiger partial charge is 0.349 e. The smallest absolute Gasteiger partial charge is 0.283 e. The number of nitrogens with one attached hydrogen (secondary N) is 3. The fourth-order valence-corrected chi connectivity index (χ4v) is 6.22. The van der Waals surface area contributed by atoms with Crippen molar-refractivity contribution in [3.8, 4) is 0 Å². The van der Waals surface area contributed by atoms with E-state index in [4.69, 9.17) is 11.6 Å². The van der Waals surface area contributed by atoms with Crippen molar-refractivity contribution < 1.29 is 13.2 Å². The zero-order chi connectivity index (χ0) is 22.2. The van der Waals surface area contributed by atoms with Gasteiger partial charge in [-0.3, -0.25) is 10.2 Å². The Morgan fingerprint density at radius 2 is 1.71 bits per heavy atom. The number of H-pyrrole nitrogens is 1. The van der Waals surface area contributed by atoms with Gasteiger partial charge in [-0.05, 0) is 68.1 Å². The standard InChI is InChI=1S/C23H26ClN3O3S/c1-14-10-15(2)12-18(11-14)31(29,30)22-19-13-16(24)8-9-20(19)25-21(22)23(28)27-26-17-6-4-3-5-7-17/h8-13,17,25-26H,3-7H2,1-2H3,(H,27,28). The third-order valence-electron chi connectivity index (χ3n) is 5.71. The zero-order valence-corrected chi connectivity index (χ0v) is 19.2. The highest BCUT2D eigenvalue weighted by Crippen LogP contribution is 2.34. The first-order chi connectivity index (χ1) is 14.8. The molecule has 4 rings (SSSR count). The summed E-state index contributed by atoms with van der Waals surface area (Å²) in [6, 6.07) is 10.3. The van der Waals surface area contributed by atoms with Crippen LogP contribution in [0.1, 0.15) is 53.7 Å². The van der Waals surface area contributed by atoms with Crippen molar-refractivity contribution >= 4 is 38.2 Å². The van der Waals surface area contributed by atoms with Crippen LogP contribution in [0.25, 0.3) is 10.9 Å². The third kappa shape index (κ3) is 4.49.